The standard InChI is InChI=1S/C51H35N3/c1-51(2)41-21-8-3-16-35(41)36-27-26-34(31-42(36)51)54-46-25-12-7-20-40(46)50-48(54)29-28-47-49(50)39-19-6-11-24-45(39)53(47)33-15-13-14-32(30-33)52-43-22-9-4-17-37(43)38-18-5-10-23-44(38)52/h3-31H,1-2H3. The summed E-state index contributed by atoms with van der Waals surface area (Å²) in [6.07, 6.45) is 0. The van der Waals surface area contributed by atoms with Gasteiger partial charge in [0.1, 0.15) is 0 Å². The molecule has 12 rings (SSSR count). The smallest absolute Gasteiger partial charge is 0.0548 e. The number of aromatic nitrogens is 3. The molecule has 0 spiro atoms. The Morgan fingerprint density at radius 3 is 1.31 bits per heavy atom. The van der Waals surface area contributed by atoms with Crippen LogP contribution >= 0.6 is 0 Å². The molecule has 0 unspecified atom stereocenters. The van der Waals surface area contributed by atoms with E-state index in [2.05, 4.69) is 203 Å². The van der Waals surface area contributed by atoms with Gasteiger partial charge in [-0.05, 0) is 89.0 Å². The van der Waals surface area contributed by atoms with Crippen LogP contribution in [0.5, 0.6) is 0 Å². The molecule has 11 aromatic rings. The Bertz CT molecular complexity index is 3310. The van der Waals surface area contributed by atoms with Gasteiger partial charge in [-0.2, -0.15) is 0 Å². The molecule has 1 aliphatic rings. The van der Waals surface area contributed by atoms with E-state index >= 15 is 0 Å². The largest absolute Gasteiger partial charge is 0.309 e. The molecular formula is C51H35N3. The van der Waals surface area contributed by atoms with E-state index in [4.69, 9.17) is 0 Å². The van der Waals surface area contributed by atoms with Crippen LogP contribution in [0, 0.1) is 0 Å². The third-order valence-corrected chi connectivity index (χ3v) is 12.2. The highest BCUT2D eigenvalue weighted by atomic mass is 15.0. The maximum atomic E-state index is 2.48. The Morgan fingerprint density at radius 1 is 0.315 bits per heavy atom. The second-order valence-corrected chi connectivity index (χ2v) is 15.3. The lowest BCUT2D eigenvalue weighted by Crippen LogP contribution is -2.15. The highest BCUT2D eigenvalue weighted by Gasteiger charge is 2.35. The molecule has 3 heteroatoms. The zero-order valence-corrected chi connectivity index (χ0v) is 30.1. The third kappa shape index (κ3) is 3.80. The van der Waals surface area contributed by atoms with Crippen LogP contribution in [0.2, 0.25) is 0 Å². The van der Waals surface area contributed by atoms with Crippen LogP contribution in [0.4, 0.5) is 0 Å². The second-order valence-electron chi connectivity index (χ2n) is 15.3. The van der Waals surface area contributed by atoms with E-state index in [1.807, 2.05) is 0 Å². The van der Waals surface area contributed by atoms with Crippen LogP contribution in [0.25, 0.3) is 93.6 Å². The van der Waals surface area contributed by atoms with Gasteiger partial charge in [0.2, 0.25) is 0 Å². The van der Waals surface area contributed by atoms with Gasteiger partial charge in [-0.3, -0.25) is 0 Å². The fraction of sp³-hybridized carbons (Fsp3) is 0.0588. The van der Waals surface area contributed by atoms with Crippen LogP contribution in [0.15, 0.2) is 176 Å². The number of nitrogens with zero attached hydrogens (tertiary/aromatic N) is 3. The van der Waals surface area contributed by atoms with Crippen molar-refractivity contribution in [2.75, 3.05) is 0 Å². The van der Waals surface area contributed by atoms with Gasteiger partial charge in [-0.15, -0.1) is 0 Å². The van der Waals surface area contributed by atoms with Gasteiger partial charge in [0.05, 0.1) is 33.1 Å². The predicted molar refractivity (Wildman–Crippen MR) is 227 cm³/mol. The Balaban J connectivity index is 1.12. The highest BCUT2D eigenvalue weighted by Crippen LogP contribution is 2.50. The molecule has 0 aliphatic heterocycles. The first-order valence-electron chi connectivity index (χ1n) is 18.9. The van der Waals surface area contributed by atoms with Crippen molar-refractivity contribution in [1.29, 1.82) is 0 Å². The summed E-state index contributed by atoms with van der Waals surface area (Å²) in [7, 11) is 0. The van der Waals surface area contributed by atoms with Gasteiger partial charge in [-0.1, -0.05) is 123 Å². The van der Waals surface area contributed by atoms with Crippen molar-refractivity contribution < 1.29 is 0 Å². The van der Waals surface area contributed by atoms with Gasteiger partial charge in [-0.25, -0.2) is 0 Å². The summed E-state index contributed by atoms with van der Waals surface area (Å²) in [6, 6.07) is 65.0. The molecule has 254 valence electrons. The van der Waals surface area contributed by atoms with Crippen molar-refractivity contribution in [3.05, 3.63) is 187 Å². The molecule has 0 N–H and O–H groups in total. The minimum Gasteiger partial charge on any atom is -0.309 e. The van der Waals surface area contributed by atoms with Crippen LogP contribution in [-0.4, -0.2) is 13.7 Å². The van der Waals surface area contributed by atoms with E-state index in [1.54, 1.807) is 0 Å². The Labute approximate surface area is 312 Å². The molecule has 0 atom stereocenters. The first-order valence-corrected chi connectivity index (χ1v) is 18.9. The van der Waals surface area contributed by atoms with Crippen LogP contribution in [0.3, 0.4) is 0 Å². The average molecular weight is 690 g/mol. The summed E-state index contributed by atoms with van der Waals surface area (Å²) in [4.78, 5) is 0. The van der Waals surface area contributed by atoms with Crippen LogP contribution in [-0.2, 0) is 5.41 Å². The lowest BCUT2D eigenvalue weighted by molar-refractivity contribution is 0.660. The van der Waals surface area contributed by atoms with Crippen molar-refractivity contribution in [3.63, 3.8) is 0 Å². The summed E-state index contributed by atoms with van der Waals surface area (Å²) in [6.45, 7) is 4.73. The number of hydrogen-bond acceptors (Lipinski definition) is 0. The Kier molecular flexibility index (Phi) is 5.84. The second kappa shape index (κ2) is 10.6. The maximum Gasteiger partial charge on any atom is 0.0548 e. The minimum atomic E-state index is -0.0743. The SMILES string of the molecule is CC1(C)c2ccccc2-c2ccc(-n3c4ccccc4c4c5c6ccccc6n(-c6cccc(-n7c8ccccc8c8ccccc87)c6)c5ccc43)cc21. The van der Waals surface area contributed by atoms with E-state index < -0.39 is 0 Å². The summed E-state index contributed by atoms with van der Waals surface area (Å²) >= 11 is 0. The number of para-hydroxylation sites is 4. The van der Waals surface area contributed by atoms with Gasteiger partial charge in [0.15, 0.2) is 0 Å². The number of rotatable bonds is 3. The van der Waals surface area contributed by atoms with Crippen molar-refractivity contribution in [3.8, 4) is 28.2 Å². The van der Waals surface area contributed by atoms with Crippen LogP contribution in [0.1, 0.15) is 25.0 Å². The molecule has 54 heavy (non-hydrogen) atoms. The molecule has 0 saturated heterocycles. The molecule has 0 fully saturated rings. The molecule has 3 aromatic heterocycles. The van der Waals surface area contributed by atoms with Crippen molar-refractivity contribution in [1.82, 2.24) is 13.7 Å². The zero-order valence-electron chi connectivity index (χ0n) is 30.1. The van der Waals surface area contributed by atoms with Gasteiger partial charge in [0, 0.05) is 54.8 Å². The molecule has 0 saturated carbocycles. The molecule has 0 radical (unpaired) electrons. The lowest BCUT2D eigenvalue weighted by atomic mass is 9.82. The first kappa shape index (κ1) is 29.7. The van der Waals surface area contributed by atoms with Gasteiger partial charge < -0.3 is 13.7 Å². The summed E-state index contributed by atoms with van der Waals surface area (Å²) in [5.41, 5.74) is 16.2. The predicted octanol–water partition coefficient (Wildman–Crippen LogP) is 13.3. The Hall–Kier alpha value is -6.84. The fourth-order valence-corrected chi connectivity index (χ4v) is 9.88. The summed E-state index contributed by atoms with van der Waals surface area (Å²) < 4.78 is 7.35. The molecule has 0 amide bonds. The fourth-order valence-electron chi connectivity index (χ4n) is 9.88. The first-order chi connectivity index (χ1) is 26.6. The topological polar surface area (TPSA) is 14.8 Å². The molecule has 3 heterocycles. The lowest BCUT2D eigenvalue weighted by Gasteiger charge is -2.22. The summed E-state index contributed by atoms with van der Waals surface area (Å²) in [5.74, 6) is 0. The molecule has 3 nitrogen and oxygen atoms in total. The van der Waals surface area contributed by atoms with Crippen molar-refractivity contribution in [2.24, 2.45) is 0 Å². The normalized spacial score (nSPS) is 13.5. The van der Waals surface area contributed by atoms with E-state index in [0.29, 0.717) is 0 Å². The van der Waals surface area contributed by atoms with E-state index in [0.717, 1.165) is 11.4 Å². The highest BCUT2D eigenvalue weighted by molar-refractivity contribution is 6.29. The van der Waals surface area contributed by atoms with E-state index in [-0.39, 0.29) is 5.41 Å². The minimum absolute atomic E-state index is 0.0743. The summed E-state index contributed by atoms with van der Waals surface area (Å²) in [5, 5.41) is 7.64. The molecule has 0 bridgehead atoms. The number of fused-ring (bicyclic) bond motifs is 13. The van der Waals surface area contributed by atoms with Crippen molar-refractivity contribution >= 4 is 65.4 Å². The molecule has 8 aromatic carbocycles. The monoisotopic (exact) mass is 689 g/mol. The maximum absolute atomic E-state index is 2.48. The average Bonchev–Trinajstić information content (AvgIpc) is 3.91. The number of benzene rings is 8. The van der Waals surface area contributed by atoms with Crippen LogP contribution < -0.4 is 0 Å². The van der Waals surface area contributed by atoms with E-state index in [1.165, 1.54) is 93.4 Å². The molecular weight excluding hydrogens is 655 g/mol. The zero-order chi connectivity index (χ0) is 35.7. The van der Waals surface area contributed by atoms with Gasteiger partial charge in [0.25, 0.3) is 0 Å². The molecule has 1 aliphatic carbocycles. The van der Waals surface area contributed by atoms with Gasteiger partial charge >= 0.3 is 0 Å². The number of hydrogen-bond donors (Lipinski definition) is 0. The quantitative estimate of drug-likeness (QED) is 0.175. The Morgan fingerprint density at radius 2 is 0.741 bits per heavy atom. The van der Waals surface area contributed by atoms with Crippen molar-refractivity contribution in [2.45, 2.75) is 19.3 Å². The third-order valence-electron chi connectivity index (χ3n) is 12.2. The van der Waals surface area contributed by atoms with E-state index in [9.17, 15) is 0 Å².